The van der Waals surface area contributed by atoms with Crippen LogP contribution in [0.1, 0.15) is 52.4 Å². The maximum atomic E-state index is 12.1. The van der Waals surface area contributed by atoms with E-state index in [-0.39, 0.29) is 17.8 Å². The number of hydrogen-bond donors (Lipinski definition) is 4. The zero-order valence-corrected chi connectivity index (χ0v) is 15.1. The van der Waals surface area contributed by atoms with Gasteiger partial charge in [0.2, 0.25) is 0 Å². The number of carboxylic acid groups (broad SMARTS) is 1. The Labute approximate surface area is 148 Å². The number of carboxylic acids is 1. The van der Waals surface area contributed by atoms with E-state index in [0.29, 0.717) is 25.7 Å². The van der Waals surface area contributed by atoms with E-state index in [4.69, 9.17) is 0 Å². The van der Waals surface area contributed by atoms with Crippen molar-refractivity contribution < 1.29 is 25.2 Å². The third-order valence-corrected chi connectivity index (χ3v) is 8.73. The molecule has 0 aromatic heterocycles. The van der Waals surface area contributed by atoms with Crippen molar-refractivity contribution in [3.63, 3.8) is 0 Å². The molecule has 0 heterocycles. The summed E-state index contributed by atoms with van der Waals surface area (Å²) in [6, 6.07) is 0. The van der Waals surface area contributed by atoms with Crippen LogP contribution in [0.25, 0.3) is 0 Å². The van der Waals surface area contributed by atoms with Crippen LogP contribution in [0.3, 0.4) is 0 Å². The SMILES string of the molecule is C=C1C2CC(O)C3C4(C)CCCC(C)(C(=O)O)C4CC(O)C3(C2)C1O. The Morgan fingerprint density at radius 2 is 1.84 bits per heavy atom. The summed E-state index contributed by atoms with van der Waals surface area (Å²) in [5.74, 6) is -1.26. The van der Waals surface area contributed by atoms with E-state index in [1.165, 1.54) is 0 Å². The van der Waals surface area contributed by atoms with Crippen molar-refractivity contribution in [1.29, 1.82) is 0 Å². The Kier molecular flexibility index (Phi) is 3.56. The van der Waals surface area contributed by atoms with E-state index in [1.807, 2.05) is 0 Å². The van der Waals surface area contributed by atoms with Gasteiger partial charge in [0.05, 0.1) is 23.7 Å². The molecule has 4 rings (SSSR count). The Morgan fingerprint density at radius 3 is 2.48 bits per heavy atom. The second kappa shape index (κ2) is 5.08. The van der Waals surface area contributed by atoms with Gasteiger partial charge >= 0.3 is 5.97 Å². The molecule has 2 bridgehead atoms. The van der Waals surface area contributed by atoms with E-state index in [2.05, 4.69) is 13.5 Å². The predicted octanol–water partition coefficient (Wildman–Crippen LogP) is 1.95. The summed E-state index contributed by atoms with van der Waals surface area (Å²) in [4.78, 5) is 12.1. The van der Waals surface area contributed by atoms with Crippen molar-refractivity contribution >= 4 is 5.97 Å². The maximum absolute atomic E-state index is 12.1. The van der Waals surface area contributed by atoms with Crippen LogP contribution in [-0.4, -0.2) is 44.7 Å². The molecule has 0 saturated heterocycles. The smallest absolute Gasteiger partial charge is 0.309 e. The summed E-state index contributed by atoms with van der Waals surface area (Å²) in [5.41, 5.74) is -1.34. The van der Waals surface area contributed by atoms with Gasteiger partial charge in [-0.05, 0) is 61.9 Å². The van der Waals surface area contributed by atoms with E-state index < -0.39 is 40.5 Å². The Hall–Kier alpha value is -0.910. The number of fused-ring (bicyclic) bond motifs is 3. The lowest BCUT2D eigenvalue weighted by atomic mass is 9.39. The number of rotatable bonds is 1. The van der Waals surface area contributed by atoms with E-state index in [1.54, 1.807) is 6.92 Å². The van der Waals surface area contributed by atoms with Gasteiger partial charge in [-0.1, -0.05) is 19.9 Å². The molecule has 4 aliphatic carbocycles. The molecule has 0 aromatic carbocycles. The minimum atomic E-state index is -0.896. The molecule has 0 amide bonds. The molecule has 9 atom stereocenters. The summed E-state index contributed by atoms with van der Waals surface area (Å²) < 4.78 is 0. The van der Waals surface area contributed by atoms with Crippen molar-refractivity contribution in [1.82, 2.24) is 0 Å². The lowest BCUT2D eigenvalue weighted by Gasteiger charge is -2.66. The topological polar surface area (TPSA) is 98.0 Å². The van der Waals surface area contributed by atoms with Crippen LogP contribution in [-0.2, 0) is 4.79 Å². The maximum Gasteiger partial charge on any atom is 0.309 e. The molecule has 4 fully saturated rings. The fourth-order valence-corrected chi connectivity index (χ4v) is 7.65. The van der Waals surface area contributed by atoms with Gasteiger partial charge in [-0.3, -0.25) is 4.79 Å². The molecule has 4 saturated carbocycles. The van der Waals surface area contributed by atoms with Gasteiger partial charge in [-0.15, -0.1) is 0 Å². The van der Waals surface area contributed by atoms with Crippen molar-refractivity contribution in [2.24, 2.45) is 34.0 Å². The minimum absolute atomic E-state index is 0.0468. The van der Waals surface area contributed by atoms with Crippen molar-refractivity contribution in [3.8, 4) is 0 Å². The van der Waals surface area contributed by atoms with Gasteiger partial charge in [-0.25, -0.2) is 0 Å². The van der Waals surface area contributed by atoms with Gasteiger partial charge in [0.25, 0.3) is 0 Å². The first-order valence-electron chi connectivity index (χ1n) is 9.55. The van der Waals surface area contributed by atoms with Crippen LogP contribution in [0.15, 0.2) is 12.2 Å². The fraction of sp³-hybridized carbons (Fsp3) is 0.850. The average Bonchev–Trinajstić information content (AvgIpc) is 2.72. The van der Waals surface area contributed by atoms with Crippen LogP contribution in [0.4, 0.5) is 0 Å². The Morgan fingerprint density at radius 1 is 1.16 bits per heavy atom. The molecular formula is C20H30O5. The molecule has 9 unspecified atom stereocenters. The first-order valence-corrected chi connectivity index (χ1v) is 9.55. The third-order valence-electron chi connectivity index (χ3n) is 8.73. The monoisotopic (exact) mass is 350 g/mol. The molecule has 4 aliphatic rings. The molecule has 140 valence electrons. The van der Waals surface area contributed by atoms with Crippen LogP contribution >= 0.6 is 0 Å². The van der Waals surface area contributed by atoms with Crippen LogP contribution in [0, 0.1) is 34.0 Å². The quantitative estimate of drug-likeness (QED) is 0.542. The van der Waals surface area contributed by atoms with Crippen LogP contribution in [0.2, 0.25) is 0 Å². The van der Waals surface area contributed by atoms with Crippen molar-refractivity contribution in [3.05, 3.63) is 12.2 Å². The highest BCUT2D eigenvalue weighted by Gasteiger charge is 2.72. The zero-order valence-electron chi connectivity index (χ0n) is 15.1. The van der Waals surface area contributed by atoms with Crippen molar-refractivity contribution in [2.75, 3.05) is 0 Å². The predicted molar refractivity (Wildman–Crippen MR) is 91.6 cm³/mol. The molecule has 0 aliphatic heterocycles. The molecule has 25 heavy (non-hydrogen) atoms. The Bertz CT molecular complexity index is 632. The molecular weight excluding hydrogens is 320 g/mol. The normalized spacial score (nSPS) is 57.7. The van der Waals surface area contributed by atoms with E-state index in [0.717, 1.165) is 18.4 Å². The number of carbonyl (C=O) groups is 1. The summed E-state index contributed by atoms with van der Waals surface area (Å²) in [6.45, 7) is 7.94. The highest BCUT2D eigenvalue weighted by Crippen LogP contribution is 2.72. The second-order valence-electron chi connectivity index (χ2n) is 9.66. The summed E-state index contributed by atoms with van der Waals surface area (Å²) in [7, 11) is 0. The average molecular weight is 350 g/mol. The number of aliphatic hydroxyl groups is 3. The van der Waals surface area contributed by atoms with E-state index in [9.17, 15) is 25.2 Å². The van der Waals surface area contributed by atoms with Gasteiger partial charge in [0, 0.05) is 11.3 Å². The first-order chi connectivity index (χ1) is 11.6. The lowest BCUT2D eigenvalue weighted by Crippen LogP contribution is -2.67. The summed E-state index contributed by atoms with van der Waals surface area (Å²) in [5, 5.41) is 43.1. The Balaban J connectivity index is 1.87. The van der Waals surface area contributed by atoms with E-state index >= 15 is 0 Å². The molecule has 5 heteroatoms. The highest BCUT2D eigenvalue weighted by atomic mass is 16.4. The number of aliphatic hydroxyl groups excluding tert-OH is 3. The third kappa shape index (κ3) is 1.87. The molecule has 0 aromatic rings. The van der Waals surface area contributed by atoms with Gasteiger partial charge in [0.15, 0.2) is 0 Å². The minimum Gasteiger partial charge on any atom is -0.481 e. The molecule has 1 spiro atoms. The van der Waals surface area contributed by atoms with Gasteiger partial charge in [-0.2, -0.15) is 0 Å². The zero-order chi connectivity index (χ0) is 18.4. The largest absolute Gasteiger partial charge is 0.481 e. The van der Waals surface area contributed by atoms with Gasteiger partial charge in [0.1, 0.15) is 0 Å². The van der Waals surface area contributed by atoms with Crippen LogP contribution < -0.4 is 0 Å². The van der Waals surface area contributed by atoms with Gasteiger partial charge < -0.3 is 20.4 Å². The summed E-state index contributed by atoms with van der Waals surface area (Å²) in [6.07, 6.45) is 1.56. The standard InChI is InChI=1S/C20H30O5/c1-10-11-7-12(21)15-18(2)5-4-6-19(3,17(24)25)13(18)8-14(22)20(15,9-11)16(10)23/h11-16,21-23H,1,4-9H2,2-3H3,(H,24,25). The molecule has 5 nitrogen and oxygen atoms in total. The molecule has 0 radical (unpaired) electrons. The van der Waals surface area contributed by atoms with Crippen LogP contribution in [0.5, 0.6) is 0 Å². The first kappa shape index (κ1) is 17.5. The molecule has 4 N–H and O–H groups in total. The number of aliphatic carboxylic acids is 1. The summed E-state index contributed by atoms with van der Waals surface area (Å²) >= 11 is 0. The highest BCUT2D eigenvalue weighted by molar-refractivity contribution is 5.75. The number of hydrogen-bond acceptors (Lipinski definition) is 4. The second-order valence-corrected chi connectivity index (χ2v) is 9.66. The lowest BCUT2D eigenvalue weighted by molar-refractivity contribution is -0.248. The fourth-order valence-electron chi connectivity index (χ4n) is 7.65. The van der Waals surface area contributed by atoms with Crippen molar-refractivity contribution in [2.45, 2.75) is 70.7 Å².